The third kappa shape index (κ3) is 2.05. The summed E-state index contributed by atoms with van der Waals surface area (Å²) in [4.78, 5) is 14.1. The zero-order chi connectivity index (χ0) is 15.3. The Morgan fingerprint density at radius 3 is 2.64 bits per heavy atom. The van der Waals surface area contributed by atoms with E-state index < -0.39 is 0 Å². The van der Waals surface area contributed by atoms with Gasteiger partial charge in [-0.3, -0.25) is 4.79 Å². The van der Waals surface area contributed by atoms with Gasteiger partial charge in [0, 0.05) is 36.4 Å². The van der Waals surface area contributed by atoms with E-state index in [0.717, 1.165) is 11.4 Å². The fourth-order valence-corrected chi connectivity index (χ4v) is 4.33. The molecule has 1 fully saturated rings. The number of halogens is 1. The molecule has 0 N–H and O–H groups in total. The smallest absolute Gasteiger partial charge is 0.223 e. The summed E-state index contributed by atoms with van der Waals surface area (Å²) in [6.45, 7) is 0. The second kappa shape index (κ2) is 5.13. The van der Waals surface area contributed by atoms with Gasteiger partial charge in [-0.05, 0) is 35.2 Å². The number of nitrogens with zero attached hydrogens (tertiary/aromatic N) is 1. The van der Waals surface area contributed by atoms with Crippen molar-refractivity contribution in [1.82, 2.24) is 4.90 Å². The Kier molecular flexibility index (Phi) is 3.23. The van der Waals surface area contributed by atoms with Crippen LogP contribution in [0.1, 0.15) is 41.4 Å². The average molecular weight is 312 g/mol. The van der Waals surface area contributed by atoms with Gasteiger partial charge >= 0.3 is 0 Å². The predicted octanol–water partition coefficient (Wildman–Crippen LogP) is 4.19. The fraction of sp³-hybridized carbons (Fsp3) is 0.316. The molecule has 1 heterocycles. The first-order valence-electron chi connectivity index (χ1n) is 7.75. The lowest BCUT2D eigenvalue weighted by Gasteiger charge is -2.36. The minimum atomic E-state index is 0.261. The molecule has 0 saturated carbocycles. The van der Waals surface area contributed by atoms with E-state index in [1.807, 2.05) is 24.1 Å². The normalized spacial score (nSPS) is 26.7. The molecule has 3 unspecified atom stereocenters. The van der Waals surface area contributed by atoms with Gasteiger partial charge < -0.3 is 4.90 Å². The Labute approximate surface area is 135 Å². The predicted molar refractivity (Wildman–Crippen MR) is 88.3 cm³/mol. The lowest BCUT2D eigenvalue weighted by molar-refractivity contribution is -0.127. The topological polar surface area (TPSA) is 20.3 Å². The van der Waals surface area contributed by atoms with E-state index >= 15 is 0 Å². The minimum absolute atomic E-state index is 0.261. The summed E-state index contributed by atoms with van der Waals surface area (Å²) in [5, 5.41) is 0.771. The SMILES string of the molecule is CN1C(=O)CC2c3ccccc3C(c3cccc(Cl)c3)CC21. The summed E-state index contributed by atoms with van der Waals surface area (Å²) in [6, 6.07) is 17.0. The first-order chi connectivity index (χ1) is 10.6. The molecule has 0 spiro atoms. The van der Waals surface area contributed by atoms with Crippen molar-refractivity contribution in [2.75, 3.05) is 7.05 Å². The van der Waals surface area contributed by atoms with Crippen LogP contribution in [0, 0.1) is 0 Å². The summed E-state index contributed by atoms with van der Waals surface area (Å²) < 4.78 is 0. The molecule has 2 aliphatic rings. The van der Waals surface area contributed by atoms with Crippen LogP contribution in [0.3, 0.4) is 0 Å². The van der Waals surface area contributed by atoms with Gasteiger partial charge in [0.2, 0.25) is 5.91 Å². The highest BCUT2D eigenvalue weighted by molar-refractivity contribution is 6.30. The number of fused-ring (bicyclic) bond motifs is 3. The largest absolute Gasteiger partial charge is 0.342 e. The molecule has 1 saturated heterocycles. The maximum atomic E-state index is 12.2. The van der Waals surface area contributed by atoms with Crippen molar-refractivity contribution in [3.8, 4) is 0 Å². The van der Waals surface area contributed by atoms with Crippen LogP contribution in [0.5, 0.6) is 0 Å². The van der Waals surface area contributed by atoms with Gasteiger partial charge in [-0.25, -0.2) is 0 Å². The van der Waals surface area contributed by atoms with Crippen LogP contribution in [0.15, 0.2) is 48.5 Å². The molecule has 0 bridgehead atoms. The molecule has 22 heavy (non-hydrogen) atoms. The fourth-order valence-electron chi connectivity index (χ4n) is 4.14. The number of benzene rings is 2. The Hall–Kier alpha value is -1.80. The summed E-state index contributed by atoms with van der Waals surface area (Å²) in [5.74, 6) is 0.908. The van der Waals surface area contributed by atoms with Crippen molar-refractivity contribution < 1.29 is 4.79 Å². The lowest BCUT2D eigenvalue weighted by Crippen LogP contribution is -2.35. The van der Waals surface area contributed by atoms with Crippen molar-refractivity contribution in [1.29, 1.82) is 0 Å². The van der Waals surface area contributed by atoms with Crippen LogP contribution in [-0.2, 0) is 4.79 Å². The van der Waals surface area contributed by atoms with Crippen molar-refractivity contribution in [2.24, 2.45) is 0 Å². The zero-order valence-corrected chi connectivity index (χ0v) is 13.3. The van der Waals surface area contributed by atoms with Crippen LogP contribution in [0.4, 0.5) is 0 Å². The number of hydrogen-bond acceptors (Lipinski definition) is 1. The quantitative estimate of drug-likeness (QED) is 0.773. The Morgan fingerprint density at radius 1 is 1.09 bits per heavy atom. The number of carbonyl (C=O) groups excluding carboxylic acids is 1. The molecule has 4 rings (SSSR count). The first-order valence-corrected chi connectivity index (χ1v) is 8.13. The standard InChI is InChI=1S/C19H18ClNO/c1-21-18-10-16(12-5-4-6-13(20)9-12)14-7-2-3-8-15(14)17(18)11-19(21)22/h2-9,16-18H,10-11H2,1H3. The molecule has 1 aliphatic carbocycles. The molecule has 1 amide bonds. The van der Waals surface area contributed by atoms with Crippen LogP contribution in [0.2, 0.25) is 5.02 Å². The molecule has 3 heteroatoms. The van der Waals surface area contributed by atoms with Crippen molar-refractivity contribution in [3.05, 3.63) is 70.2 Å². The molecule has 0 aromatic heterocycles. The number of likely N-dealkylation sites (tertiary alicyclic amines) is 1. The van der Waals surface area contributed by atoms with Crippen LogP contribution < -0.4 is 0 Å². The lowest BCUT2D eigenvalue weighted by atomic mass is 9.71. The monoisotopic (exact) mass is 311 g/mol. The molecule has 0 radical (unpaired) electrons. The van der Waals surface area contributed by atoms with Crippen molar-refractivity contribution in [3.63, 3.8) is 0 Å². The van der Waals surface area contributed by atoms with E-state index in [1.54, 1.807) is 0 Å². The highest BCUT2D eigenvalue weighted by atomic mass is 35.5. The highest BCUT2D eigenvalue weighted by Gasteiger charge is 2.44. The van der Waals surface area contributed by atoms with Crippen LogP contribution in [0.25, 0.3) is 0 Å². The van der Waals surface area contributed by atoms with Crippen molar-refractivity contribution >= 4 is 17.5 Å². The van der Waals surface area contributed by atoms with Gasteiger partial charge in [-0.1, -0.05) is 48.0 Å². The van der Waals surface area contributed by atoms with Gasteiger partial charge in [0.05, 0.1) is 0 Å². The molecule has 1 aliphatic heterocycles. The summed E-state index contributed by atoms with van der Waals surface area (Å²) >= 11 is 6.19. The molecule has 2 aromatic carbocycles. The molecular weight excluding hydrogens is 294 g/mol. The third-order valence-electron chi connectivity index (χ3n) is 5.25. The van der Waals surface area contributed by atoms with Gasteiger partial charge in [0.1, 0.15) is 0 Å². The number of amides is 1. The molecule has 2 aromatic rings. The summed E-state index contributed by atoms with van der Waals surface area (Å²) in [5.41, 5.74) is 3.93. The molecular formula is C19H18ClNO. The second-order valence-corrected chi connectivity index (χ2v) is 6.79. The van der Waals surface area contributed by atoms with Gasteiger partial charge in [-0.15, -0.1) is 0 Å². The molecule has 3 atom stereocenters. The van der Waals surface area contributed by atoms with Crippen molar-refractivity contribution in [2.45, 2.75) is 30.7 Å². The first kappa shape index (κ1) is 13.8. The average Bonchev–Trinajstić information content (AvgIpc) is 2.82. The van der Waals surface area contributed by atoms with E-state index in [9.17, 15) is 4.79 Å². The summed E-state index contributed by atoms with van der Waals surface area (Å²) in [7, 11) is 1.94. The van der Waals surface area contributed by atoms with E-state index in [0.29, 0.717) is 24.3 Å². The van der Waals surface area contributed by atoms with E-state index in [-0.39, 0.29) is 5.91 Å². The Balaban J connectivity index is 1.84. The third-order valence-corrected chi connectivity index (χ3v) is 5.48. The number of hydrogen-bond donors (Lipinski definition) is 0. The summed E-state index contributed by atoms with van der Waals surface area (Å²) in [6.07, 6.45) is 1.62. The van der Waals surface area contributed by atoms with Gasteiger partial charge in [0.15, 0.2) is 0 Å². The minimum Gasteiger partial charge on any atom is -0.342 e. The van der Waals surface area contributed by atoms with E-state index in [1.165, 1.54) is 16.7 Å². The Morgan fingerprint density at radius 2 is 1.86 bits per heavy atom. The molecule has 2 nitrogen and oxygen atoms in total. The van der Waals surface area contributed by atoms with E-state index in [2.05, 4.69) is 36.4 Å². The Bertz CT molecular complexity index is 742. The van der Waals surface area contributed by atoms with Crippen LogP contribution >= 0.6 is 11.6 Å². The van der Waals surface area contributed by atoms with Gasteiger partial charge in [-0.2, -0.15) is 0 Å². The number of carbonyl (C=O) groups is 1. The second-order valence-electron chi connectivity index (χ2n) is 6.35. The number of rotatable bonds is 1. The number of likely N-dealkylation sites (N-methyl/N-ethyl adjacent to an activating group) is 1. The van der Waals surface area contributed by atoms with E-state index in [4.69, 9.17) is 11.6 Å². The zero-order valence-electron chi connectivity index (χ0n) is 12.5. The maximum absolute atomic E-state index is 12.2. The molecule has 112 valence electrons. The maximum Gasteiger partial charge on any atom is 0.223 e. The van der Waals surface area contributed by atoms with Gasteiger partial charge in [0.25, 0.3) is 0 Å². The van der Waals surface area contributed by atoms with Crippen LogP contribution in [-0.4, -0.2) is 23.9 Å². The highest BCUT2D eigenvalue weighted by Crippen LogP contribution is 2.48.